The van der Waals surface area contributed by atoms with E-state index in [4.69, 9.17) is 0 Å². The number of alkyl halides is 3. The van der Waals surface area contributed by atoms with Gasteiger partial charge in [-0.05, 0) is 49.7 Å². The second-order valence-electron chi connectivity index (χ2n) is 6.38. The van der Waals surface area contributed by atoms with Gasteiger partial charge in [-0.3, -0.25) is 9.10 Å². The summed E-state index contributed by atoms with van der Waals surface area (Å²) < 4.78 is 63.7. The van der Waals surface area contributed by atoms with Gasteiger partial charge < -0.3 is 5.32 Å². The van der Waals surface area contributed by atoms with Crippen molar-refractivity contribution in [3.05, 3.63) is 59.7 Å². The van der Waals surface area contributed by atoms with E-state index in [1.807, 2.05) is 6.92 Å². The summed E-state index contributed by atoms with van der Waals surface area (Å²) in [6.07, 6.45) is -3.30. The van der Waals surface area contributed by atoms with Crippen LogP contribution in [0.25, 0.3) is 0 Å². The molecule has 28 heavy (non-hydrogen) atoms. The zero-order valence-corrected chi connectivity index (χ0v) is 16.4. The Labute approximate surface area is 162 Å². The van der Waals surface area contributed by atoms with Crippen molar-refractivity contribution in [2.45, 2.75) is 32.5 Å². The minimum absolute atomic E-state index is 0.147. The Bertz CT molecular complexity index is 924. The van der Waals surface area contributed by atoms with Crippen LogP contribution in [-0.4, -0.2) is 26.6 Å². The number of nitrogens with one attached hydrogen (secondary N) is 1. The molecule has 2 rings (SSSR count). The van der Waals surface area contributed by atoms with E-state index in [2.05, 4.69) is 5.32 Å². The summed E-state index contributed by atoms with van der Waals surface area (Å²) in [7, 11) is -3.78. The lowest BCUT2D eigenvalue weighted by Gasteiger charge is -2.30. The molecule has 0 aliphatic carbocycles. The van der Waals surface area contributed by atoms with Gasteiger partial charge in [-0.25, -0.2) is 8.42 Å². The Balaban J connectivity index is 2.30. The largest absolute Gasteiger partial charge is 0.416 e. The summed E-state index contributed by atoms with van der Waals surface area (Å²) in [5, 5.41) is 2.49. The molecule has 1 N–H and O–H groups in total. The lowest BCUT2D eigenvalue weighted by molar-refractivity contribution is -0.137. The fourth-order valence-corrected chi connectivity index (χ4v) is 3.93. The van der Waals surface area contributed by atoms with Crippen LogP contribution in [0, 0.1) is 6.92 Å². The fraction of sp³-hybridized carbons (Fsp3) is 0.316. The molecule has 0 fully saturated rings. The number of aryl methyl sites for hydroxylation is 1. The van der Waals surface area contributed by atoms with Crippen molar-refractivity contribution < 1.29 is 26.4 Å². The highest BCUT2D eigenvalue weighted by Crippen LogP contribution is 2.30. The number of rotatable bonds is 6. The van der Waals surface area contributed by atoms with Crippen molar-refractivity contribution in [3.63, 3.8) is 0 Å². The molecule has 2 aromatic carbocycles. The van der Waals surface area contributed by atoms with Crippen LogP contribution >= 0.6 is 0 Å². The molecule has 152 valence electrons. The molecule has 0 saturated heterocycles. The van der Waals surface area contributed by atoms with E-state index in [9.17, 15) is 26.4 Å². The maximum absolute atomic E-state index is 12.7. The van der Waals surface area contributed by atoms with Gasteiger partial charge in [0.2, 0.25) is 15.9 Å². The number of nitrogens with zero attached hydrogens (tertiary/aromatic N) is 1. The topological polar surface area (TPSA) is 66.5 Å². The van der Waals surface area contributed by atoms with Crippen molar-refractivity contribution in [1.29, 1.82) is 0 Å². The molecular formula is C19H21F3N2O3S. The van der Waals surface area contributed by atoms with Crippen LogP contribution in [0.15, 0.2) is 48.5 Å². The van der Waals surface area contributed by atoms with Crippen LogP contribution in [0.2, 0.25) is 0 Å². The van der Waals surface area contributed by atoms with Crippen molar-refractivity contribution in [3.8, 4) is 0 Å². The molecule has 9 heteroatoms. The number of amides is 1. The van der Waals surface area contributed by atoms with E-state index in [0.717, 1.165) is 40.4 Å². The summed E-state index contributed by atoms with van der Waals surface area (Å²) >= 11 is 0. The number of carbonyl (C=O) groups is 1. The zero-order valence-electron chi connectivity index (χ0n) is 15.6. The van der Waals surface area contributed by atoms with Gasteiger partial charge in [0.1, 0.15) is 6.04 Å². The predicted octanol–water partition coefficient (Wildman–Crippen LogP) is 4.20. The molecule has 2 aromatic rings. The van der Waals surface area contributed by atoms with Crippen LogP contribution < -0.4 is 9.62 Å². The monoisotopic (exact) mass is 414 g/mol. The molecular weight excluding hydrogens is 393 g/mol. The lowest BCUT2D eigenvalue weighted by Crippen LogP contribution is -2.47. The molecule has 5 nitrogen and oxygen atoms in total. The van der Waals surface area contributed by atoms with Crippen LogP contribution in [-0.2, 0) is 21.0 Å². The summed E-state index contributed by atoms with van der Waals surface area (Å²) in [5.41, 5.74) is 0.575. The van der Waals surface area contributed by atoms with Gasteiger partial charge in [-0.1, -0.05) is 24.6 Å². The third-order valence-electron chi connectivity index (χ3n) is 4.10. The van der Waals surface area contributed by atoms with E-state index in [-0.39, 0.29) is 12.1 Å². The number of hydrogen-bond donors (Lipinski definition) is 1. The molecule has 0 heterocycles. The Morgan fingerprint density at radius 3 is 2.04 bits per heavy atom. The first-order valence-electron chi connectivity index (χ1n) is 8.47. The standard InChI is InChI=1S/C19H21F3N2O3S/c1-4-17(24(28(3,26)27)16-11-5-13(2)6-12-16)18(25)23-15-9-7-14(8-10-15)19(20,21)22/h5-12,17H,4H2,1-3H3,(H,23,25)/t17-/m1/s1. The first-order chi connectivity index (χ1) is 12.9. The van der Waals surface area contributed by atoms with Gasteiger partial charge in [0.05, 0.1) is 17.5 Å². The molecule has 0 aliphatic rings. The van der Waals surface area contributed by atoms with Crippen LogP contribution in [0.4, 0.5) is 24.5 Å². The van der Waals surface area contributed by atoms with Crippen molar-refractivity contribution in [1.82, 2.24) is 0 Å². The summed E-state index contributed by atoms with van der Waals surface area (Å²) in [4.78, 5) is 12.7. The average molecular weight is 414 g/mol. The number of benzene rings is 2. The smallest absolute Gasteiger partial charge is 0.324 e. The molecule has 0 saturated carbocycles. The first-order valence-corrected chi connectivity index (χ1v) is 10.3. The quantitative estimate of drug-likeness (QED) is 0.771. The highest BCUT2D eigenvalue weighted by atomic mass is 32.2. The minimum Gasteiger partial charge on any atom is -0.324 e. The predicted molar refractivity (Wildman–Crippen MR) is 103 cm³/mol. The Kier molecular flexibility index (Phi) is 6.38. The van der Waals surface area contributed by atoms with Gasteiger partial charge in [0.15, 0.2) is 0 Å². The Morgan fingerprint density at radius 1 is 1.07 bits per heavy atom. The van der Waals surface area contributed by atoms with Crippen molar-refractivity contribution in [2.24, 2.45) is 0 Å². The summed E-state index contributed by atoms with van der Waals surface area (Å²) in [6.45, 7) is 3.51. The molecule has 1 atom stereocenters. The maximum Gasteiger partial charge on any atom is 0.416 e. The third kappa shape index (κ3) is 5.25. The average Bonchev–Trinajstić information content (AvgIpc) is 2.59. The van der Waals surface area contributed by atoms with Gasteiger partial charge >= 0.3 is 6.18 Å². The lowest BCUT2D eigenvalue weighted by atomic mass is 10.1. The summed E-state index contributed by atoms with van der Waals surface area (Å²) in [6, 6.07) is 9.57. The van der Waals surface area contributed by atoms with E-state index < -0.39 is 33.7 Å². The van der Waals surface area contributed by atoms with Gasteiger partial charge in [0.25, 0.3) is 0 Å². The normalized spacial score (nSPS) is 13.1. The van der Waals surface area contributed by atoms with E-state index in [0.29, 0.717) is 5.69 Å². The van der Waals surface area contributed by atoms with Crippen molar-refractivity contribution in [2.75, 3.05) is 15.9 Å². The number of sulfonamides is 1. The summed E-state index contributed by atoms with van der Waals surface area (Å²) in [5.74, 6) is -0.631. The fourth-order valence-electron chi connectivity index (χ4n) is 2.72. The third-order valence-corrected chi connectivity index (χ3v) is 5.28. The number of anilines is 2. The molecule has 0 radical (unpaired) electrons. The second kappa shape index (κ2) is 8.22. The van der Waals surface area contributed by atoms with Crippen LogP contribution in [0.1, 0.15) is 24.5 Å². The zero-order chi connectivity index (χ0) is 21.1. The van der Waals surface area contributed by atoms with Gasteiger partial charge in [-0.2, -0.15) is 13.2 Å². The number of halogens is 3. The maximum atomic E-state index is 12.7. The van der Waals surface area contributed by atoms with Gasteiger partial charge in [0, 0.05) is 5.69 Å². The van der Waals surface area contributed by atoms with E-state index in [1.54, 1.807) is 31.2 Å². The molecule has 1 amide bonds. The number of carbonyl (C=O) groups excluding carboxylic acids is 1. The first kappa shape index (κ1) is 21.7. The van der Waals surface area contributed by atoms with Crippen molar-refractivity contribution >= 4 is 27.3 Å². The second-order valence-corrected chi connectivity index (χ2v) is 8.24. The van der Waals surface area contributed by atoms with E-state index >= 15 is 0 Å². The Morgan fingerprint density at radius 2 is 1.61 bits per heavy atom. The highest BCUT2D eigenvalue weighted by Gasteiger charge is 2.32. The number of hydrogen-bond acceptors (Lipinski definition) is 3. The van der Waals surface area contributed by atoms with E-state index in [1.165, 1.54) is 0 Å². The van der Waals surface area contributed by atoms with Gasteiger partial charge in [-0.15, -0.1) is 0 Å². The van der Waals surface area contributed by atoms with Crippen LogP contribution in [0.5, 0.6) is 0 Å². The molecule has 0 aliphatic heterocycles. The molecule has 0 aromatic heterocycles. The highest BCUT2D eigenvalue weighted by molar-refractivity contribution is 7.92. The minimum atomic E-state index is -4.48. The molecule has 0 unspecified atom stereocenters. The molecule has 0 bridgehead atoms. The molecule has 0 spiro atoms. The van der Waals surface area contributed by atoms with Crippen LogP contribution in [0.3, 0.4) is 0 Å². The Hall–Kier alpha value is -2.55. The SMILES string of the molecule is CC[C@H](C(=O)Nc1ccc(C(F)(F)F)cc1)N(c1ccc(C)cc1)S(C)(=O)=O.